The monoisotopic (exact) mass is 259 g/mol. The van der Waals surface area contributed by atoms with Gasteiger partial charge in [-0.05, 0) is 31.2 Å². The van der Waals surface area contributed by atoms with Crippen LogP contribution in [0.25, 0.3) is 0 Å². The van der Waals surface area contributed by atoms with Crippen LogP contribution in [0.15, 0.2) is 41.1 Å². The second-order valence-corrected chi connectivity index (χ2v) is 4.05. The molecule has 0 fully saturated rings. The first kappa shape index (κ1) is 13.1. The fourth-order valence-corrected chi connectivity index (χ4v) is 1.71. The van der Waals surface area contributed by atoms with Crippen LogP contribution in [0.1, 0.15) is 23.0 Å². The fraction of sp³-hybridized carbons (Fsp3) is 0.286. The highest BCUT2D eigenvalue weighted by molar-refractivity contribution is 5.94. The number of nitrogens with zero attached hydrogens (tertiary/aromatic N) is 1. The molecule has 2 N–H and O–H groups in total. The van der Waals surface area contributed by atoms with Crippen molar-refractivity contribution in [3.8, 4) is 0 Å². The van der Waals surface area contributed by atoms with E-state index in [1.54, 1.807) is 24.6 Å². The molecule has 0 saturated heterocycles. The smallest absolute Gasteiger partial charge is 0.251 e. The Morgan fingerprint density at radius 3 is 3.05 bits per heavy atom. The van der Waals surface area contributed by atoms with E-state index in [-0.39, 0.29) is 5.91 Å². The zero-order valence-corrected chi connectivity index (χ0v) is 10.8. The van der Waals surface area contributed by atoms with E-state index in [1.165, 1.54) is 0 Å². The van der Waals surface area contributed by atoms with Crippen LogP contribution in [0.2, 0.25) is 0 Å². The first-order valence-corrected chi connectivity index (χ1v) is 6.30. The van der Waals surface area contributed by atoms with Gasteiger partial charge in [0.05, 0.1) is 6.26 Å². The van der Waals surface area contributed by atoms with Crippen molar-refractivity contribution in [1.29, 1.82) is 0 Å². The van der Waals surface area contributed by atoms with Crippen LogP contribution in [-0.2, 0) is 6.42 Å². The van der Waals surface area contributed by atoms with Gasteiger partial charge < -0.3 is 15.1 Å². The molecule has 2 rings (SSSR count). The summed E-state index contributed by atoms with van der Waals surface area (Å²) in [6.45, 7) is 3.31. The summed E-state index contributed by atoms with van der Waals surface area (Å²) >= 11 is 0. The summed E-state index contributed by atoms with van der Waals surface area (Å²) < 4.78 is 5.20. The number of anilines is 1. The molecule has 2 aromatic rings. The lowest BCUT2D eigenvalue weighted by Crippen LogP contribution is -2.25. The third-order valence-electron chi connectivity index (χ3n) is 2.62. The second-order valence-electron chi connectivity index (χ2n) is 4.05. The van der Waals surface area contributed by atoms with E-state index in [9.17, 15) is 4.79 Å². The molecule has 2 heterocycles. The molecule has 0 bridgehead atoms. The average molecular weight is 259 g/mol. The number of hydrogen-bond donors (Lipinski definition) is 2. The lowest BCUT2D eigenvalue weighted by atomic mass is 10.2. The van der Waals surface area contributed by atoms with Gasteiger partial charge in [-0.1, -0.05) is 0 Å². The highest BCUT2D eigenvalue weighted by Gasteiger charge is 2.06. The van der Waals surface area contributed by atoms with Gasteiger partial charge in [-0.25, -0.2) is 4.98 Å². The van der Waals surface area contributed by atoms with E-state index in [1.807, 2.05) is 19.1 Å². The summed E-state index contributed by atoms with van der Waals surface area (Å²) in [6, 6.07) is 7.17. The maximum atomic E-state index is 11.9. The van der Waals surface area contributed by atoms with Crippen molar-refractivity contribution in [2.75, 3.05) is 18.4 Å². The van der Waals surface area contributed by atoms with Crippen molar-refractivity contribution in [2.24, 2.45) is 0 Å². The van der Waals surface area contributed by atoms with Gasteiger partial charge in [-0.3, -0.25) is 4.79 Å². The van der Waals surface area contributed by atoms with Crippen LogP contribution in [0.4, 0.5) is 5.82 Å². The SMILES string of the molecule is CCNc1cc(C(=O)NCCc2ccco2)ccn1. The summed E-state index contributed by atoms with van der Waals surface area (Å²) in [6.07, 6.45) is 3.94. The minimum Gasteiger partial charge on any atom is -0.469 e. The van der Waals surface area contributed by atoms with Crippen molar-refractivity contribution >= 4 is 11.7 Å². The first-order valence-electron chi connectivity index (χ1n) is 6.30. The zero-order chi connectivity index (χ0) is 13.5. The highest BCUT2D eigenvalue weighted by Crippen LogP contribution is 2.06. The van der Waals surface area contributed by atoms with Crippen LogP contribution in [0.5, 0.6) is 0 Å². The molecule has 0 unspecified atom stereocenters. The third-order valence-corrected chi connectivity index (χ3v) is 2.62. The van der Waals surface area contributed by atoms with Crippen molar-refractivity contribution in [1.82, 2.24) is 10.3 Å². The van der Waals surface area contributed by atoms with E-state index in [2.05, 4.69) is 15.6 Å². The first-order chi connectivity index (χ1) is 9.29. The van der Waals surface area contributed by atoms with Gasteiger partial charge in [0.1, 0.15) is 11.6 Å². The number of pyridine rings is 1. The summed E-state index contributed by atoms with van der Waals surface area (Å²) in [5.41, 5.74) is 0.602. The van der Waals surface area contributed by atoms with Crippen molar-refractivity contribution in [3.05, 3.63) is 48.0 Å². The molecule has 1 amide bonds. The second kappa shape index (κ2) is 6.58. The van der Waals surface area contributed by atoms with Crippen molar-refractivity contribution in [2.45, 2.75) is 13.3 Å². The van der Waals surface area contributed by atoms with Crippen LogP contribution >= 0.6 is 0 Å². The number of nitrogens with one attached hydrogen (secondary N) is 2. The van der Waals surface area contributed by atoms with Crippen LogP contribution in [0.3, 0.4) is 0 Å². The number of carbonyl (C=O) groups excluding carboxylic acids is 1. The third kappa shape index (κ3) is 3.84. The topological polar surface area (TPSA) is 67.2 Å². The van der Waals surface area contributed by atoms with E-state index < -0.39 is 0 Å². The van der Waals surface area contributed by atoms with E-state index in [0.29, 0.717) is 24.3 Å². The van der Waals surface area contributed by atoms with Gasteiger partial charge in [-0.2, -0.15) is 0 Å². The highest BCUT2D eigenvalue weighted by atomic mass is 16.3. The number of carbonyl (C=O) groups is 1. The van der Waals surface area contributed by atoms with Crippen LogP contribution < -0.4 is 10.6 Å². The van der Waals surface area contributed by atoms with Crippen molar-refractivity contribution in [3.63, 3.8) is 0 Å². The lowest BCUT2D eigenvalue weighted by Gasteiger charge is -2.06. The zero-order valence-electron chi connectivity index (χ0n) is 10.8. The average Bonchev–Trinajstić information content (AvgIpc) is 2.92. The Morgan fingerprint density at radius 1 is 1.42 bits per heavy atom. The summed E-state index contributed by atoms with van der Waals surface area (Å²) in [7, 11) is 0. The number of hydrogen-bond acceptors (Lipinski definition) is 4. The quantitative estimate of drug-likeness (QED) is 0.833. The summed E-state index contributed by atoms with van der Waals surface area (Å²) in [4.78, 5) is 16.1. The number of amides is 1. The van der Waals surface area contributed by atoms with Gasteiger partial charge in [0.25, 0.3) is 5.91 Å². The summed E-state index contributed by atoms with van der Waals surface area (Å²) in [5.74, 6) is 1.47. The standard InChI is InChI=1S/C14H17N3O2/c1-2-15-13-10-11(5-7-16-13)14(18)17-8-6-12-4-3-9-19-12/h3-5,7,9-10H,2,6,8H2,1H3,(H,15,16)(H,17,18). The predicted molar refractivity (Wildman–Crippen MR) is 73.1 cm³/mol. The van der Waals surface area contributed by atoms with Crippen LogP contribution in [-0.4, -0.2) is 24.0 Å². The van der Waals surface area contributed by atoms with Gasteiger partial charge in [0, 0.05) is 31.3 Å². The predicted octanol–water partition coefficient (Wildman–Crippen LogP) is 2.08. The maximum absolute atomic E-state index is 11.9. The normalized spacial score (nSPS) is 10.2. The lowest BCUT2D eigenvalue weighted by molar-refractivity contribution is 0.0953. The maximum Gasteiger partial charge on any atom is 0.251 e. The molecule has 0 aliphatic heterocycles. The minimum absolute atomic E-state index is 0.104. The molecule has 5 nitrogen and oxygen atoms in total. The Balaban J connectivity index is 1.87. The molecular weight excluding hydrogens is 242 g/mol. The molecule has 0 aliphatic rings. The van der Waals surface area contributed by atoms with Gasteiger partial charge in [-0.15, -0.1) is 0 Å². The minimum atomic E-state index is -0.104. The van der Waals surface area contributed by atoms with E-state index >= 15 is 0 Å². The van der Waals surface area contributed by atoms with Gasteiger partial charge in [0.15, 0.2) is 0 Å². The number of aromatic nitrogens is 1. The van der Waals surface area contributed by atoms with Gasteiger partial charge >= 0.3 is 0 Å². The van der Waals surface area contributed by atoms with Crippen LogP contribution in [0, 0.1) is 0 Å². The molecule has 2 aromatic heterocycles. The molecule has 0 spiro atoms. The van der Waals surface area contributed by atoms with Crippen molar-refractivity contribution < 1.29 is 9.21 Å². The van der Waals surface area contributed by atoms with E-state index in [4.69, 9.17) is 4.42 Å². The molecule has 0 saturated carbocycles. The number of furan rings is 1. The Hall–Kier alpha value is -2.30. The summed E-state index contributed by atoms with van der Waals surface area (Å²) in [5, 5.41) is 5.93. The Bertz CT molecular complexity index is 523. The molecule has 0 atom stereocenters. The molecule has 0 aliphatic carbocycles. The largest absolute Gasteiger partial charge is 0.469 e. The molecule has 0 radical (unpaired) electrons. The fourth-order valence-electron chi connectivity index (χ4n) is 1.71. The molecular formula is C14H17N3O2. The molecule has 19 heavy (non-hydrogen) atoms. The Kier molecular flexibility index (Phi) is 4.55. The molecule has 100 valence electrons. The van der Waals surface area contributed by atoms with Gasteiger partial charge in [0.2, 0.25) is 0 Å². The molecule has 0 aromatic carbocycles. The Morgan fingerprint density at radius 2 is 2.32 bits per heavy atom. The number of rotatable bonds is 6. The molecule has 5 heteroatoms. The Labute approximate surface area is 112 Å². The van der Waals surface area contributed by atoms with E-state index in [0.717, 1.165) is 12.3 Å².